The van der Waals surface area contributed by atoms with E-state index in [4.69, 9.17) is 4.74 Å². The number of hydrogen-bond donors (Lipinski definition) is 1. The molecular formula is C20H25N5O3. The van der Waals surface area contributed by atoms with Gasteiger partial charge in [-0.25, -0.2) is 9.67 Å². The van der Waals surface area contributed by atoms with Gasteiger partial charge >= 0.3 is 0 Å². The number of aromatic nitrogens is 4. The summed E-state index contributed by atoms with van der Waals surface area (Å²) in [5, 5.41) is 7.98. The van der Waals surface area contributed by atoms with Crippen LogP contribution in [0.2, 0.25) is 0 Å². The van der Waals surface area contributed by atoms with Crippen molar-refractivity contribution in [1.29, 1.82) is 0 Å². The molecule has 0 radical (unpaired) electrons. The smallest absolute Gasteiger partial charge is 0.293 e. The topological polar surface area (TPSA) is 91.0 Å². The Hall–Kier alpha value is -2.48. The summed E-state index contributed by atoms with van der Waals surface area (Å²) < 4.78 is 8.87. The molecule has 5 rings (SSSR count). The Balaban J connectivity index is 1.27. The lowest BCUT2D eigenvalue weighted by Gasteiger charge is -2.30. The molecule has 2 aromatic heterocycles. The maximum atomic E-state index is 12.6. The molecule has 0 saturated heterocycles. The number of anilines is 1. The molecule has 0 unspecified atom stereocenters. The third-order valence-electron chi connectivity index (χ3n) is 6.06. The summed E-state index contributed by atoms with van der Waals surface area (Å²) in [5.74, 6) is 0.446. The van der Waals surface area contributed by atoms with Crippen molar-refractivity contribution in [2.24, 2.45) is 0 Å². The first kappa shape index (κ1) is 17.6. The van der Waals surface area contributed by atoms with Crippen molar-refractivity contribution in [3.8, 4) is 0 Å². The van der Waals surface area contributed by atoms with Gasteiger partial charge in [0.05, 0.1) is 24.9 Å². The minimum atomic E-state index is -0.0438. The van der Waals surface area contributed by atoms with Gasteiger partial charge in [0.1, 0.15) is 0 Å². The highest BCUT2D eigenvalue weighted by atomic mass is 16.5. The standard InChI is InChI=1S/C20H25N5O3/c26-18-11-13-12-28-10-7-17(13)23-25(18)16-3-1-14(2-4-16)22-19-20(27)24(9-8-21-19)15-5-6-15/h8-9,11,14-16H,1-7,10,12H2,(H,21,22). The van der Waals surface area contributed by atoms with Crippen molar-refractivity contribution < 1.29 is 4.74 Å². The molecule has 8 nitrogen and oxygen atoms in total. The number of nitrogens with one attached hydrogen (secondary N) is 1. The van der Waals surface area contributed by atoms with E-state index in [2.05, 4.69) is 15.4 Å². The van der Waals surface area contributed by atoms with Gasteiger partial charge in [0.2, 0.25) is 0 Å². The van der Waals surface area contributed by atoms with Crippen molar-refractivity contribution >= 4 is 5.82 Å². The van der Waals surface area contributed by atoms with E-state index in [0.717, 1.165) is 56.2 Å². The minimum Gasteiger partial charge on any atom is -0.376 e. The number of rotatable bonds is 4. The zero-order chi connectivity index (χ0) is 19.1. The molecule has 1 aliphatic heterocycles. The molecule has 2 aliphatic carbocycles. The van der Waals surface area contributed by atoms with Crippen LogP contribution in [0.5, 0.6) is 0 Å². The normalized spacial score (nSPS) is 24.6. The van der Waals surface area contributed by atoms with Gasteiger partial charge < -0.3 is 14.6 Å². The number of hydrogen-bond acceptors (Lipinski definition) is 6. The van der Waals surface area contributed by atoms with Crippen molar-refractivity contribution in [2.45, 2.75) is 69.7 Å². The quantitative estimate of drug-likeness (QED) is 0.866. The van der Waals surface area contributed by atoms with Crippen LogP contribution in [-0.2, 0) is 17.8 Å². The molecule has 1 N–H and O–H groups in total. The summed E-state index contributed by atoms with van der Waals surface area (Å²) in [6.07, 6.45) is 9.89. The Morgan fingerprint density at radius 3 is 2.64 bits per heavy atom. The van der Waals surface area contributed by atoms with Gasteiger partial charge in [-0.1, -0.05) is 0 Å². The second-order valence-electron chi connectivity index (χ2n) is 8.07. The van der Waals surface area contributed by atoms with Crippen LogP contribution in [0.25, 0.3) is 0 Å². The van der Waals surface area contributed by atoms with Crippen LogP contribution < -0.4 is 16.4 Å². The molecule has 3 aliphatic rings. The predicted octanol–water partition coefficient (Wildman–Crippen LogP) is 1.80. The fraction of sp³-hybridized carbons (Fsp3) is 0.600. The maximum absolute atomic E-state index is 12.6. The van der Waals surface area contributed by atoms with Crippen molar-refractivity contribution in [1.82, 2.24) is 19.3 Å². The number of ether oxygens (including phenoxy) is 1. The molecule has 2 aromatic rings. The van der Waals surface area contributed by atoms with Gasteiger partial charge in [0.15, 0.2) is 5.82 Å². The third kappa shape index (κ3) is 3.37. The van der Waals surface area contributed by atoms with Crippen LogP contribution in [0, 0.1) is 0 Å². The monoisotopic (exact) mass is 383 g/mol. The zero-order valence-corrected chi connectivity index (χ0v) is 15.8. The molecular weight excluding hydrogens is 358 g/mol. The lowest BCUT2D eigenvalue weighted by molar-refractivity contribution is 0.107. The summed E-state index contributed by atoms with van der Waals surface area (Å²) in [5.41, 5.74) is 1.84. The first-order valence-electron chi connectivity index (χ1n) is 10.2. The van der Waals surface area contributed by atoms with E-state index in [0.29, 0.717) is 25.1 Å². The minimum absolute atomic E-state index is 0.0260. The largest absolute Gasteiger partial charge is 0.376 e. The Morgan fingerprint density at radius 2 is 1.86 bits per heavy atom. The van der Waals surface area contributed by atoms with E-state index in [1.807, 2.05) is 0 Å². The highest BCUT2D eigenvalue weighted by Gasteiger charge is 2.28. The molecule has 0 atom stereocenters. The molecule has 3 heterocycles. The lowest BCUT2D eigenvalue weighted by atomic mass is 9.91. The van der Waals surface area contributed by atoms with Crippen molar-refractivity contribution in [2.75, 3.05) is 11.9 Å². The second kappa shape index (κ2) is 7.16. The van der Waals surface area contributed by atoms with E-state index in [1.54, 1.807) is 27.7 Å². The van der Waals surface area contributed by atoms with E-state index in [9.17, 15) is 9.59 Å². The molecule has 0 spiro atoms. The van der Waals surface area contributed by atoms with Crippen molar-refractivity contribution in [3.63, 3.8) is 0 Å². The van der Waals surface area contributed by atoms with Gasteiger partial charge in [-0.05, 0) is 38.5 Å². The Kier molecular flexibility index (Phi) is 4.50. The van der Waals surface area contributed by atoms with Gasteiger partial charge in [-0.15, -0.1) is 0 Å². The summed E-state index contributed by atoms with van der Waals surface area (Å²) in [7, 11) is 0. The van der Waals surface area contributed by atoms with Gasteiger partial charge in [0, 0.05) is 42.5 Å². The Bertz CT molecular complexity index is 986. The van der Waals surface area contributed by atoms with E-state index < -0.39 is 0 Å². The predicted molar refractivity (Wildman–Crippen MR) is 104 cm³/mol. The highest BCUT2D eigenvalue weighted by molar-refractivity contribution is 5.33. The Labute approximate surface area is 162 Å². The molecule has 2 saturated carbocycles. The van der Waals surface area contributed by atoms with E-state index >= 15 is 0 Å². The molecule has 148 valence electrons. The second-order valence-corrected chi connectivity index (χ2v) is 8.07. The van der Waals surface area contributed by atoms with Crippen molar-refractivity contribution in [3.05, 3.63) is 50.4 Å². The first-order chi connectivity index (χ1) is 13.7. The molecule has 28 heavy (non-hydrogen) atoms. The average Bonchev–Trinajstić information content (AvgIpc) is 3.55. The highest BCUT2D eigenvalue weighted by Crippen LogP contribution is 2.33. The Morgan fingerprint density at radius 1 is 1.07 bits per heavy atom. The van der Waals surface area contributed by atoms with Gasteiger partial charge in [-0.3, -0.25) is 9.59 Å². The van der Waals surface area contributed by atoms with Crippen LogP contribution in [0.3, 0.4) is 0 Å². The lowest BCUT2D eigenvalue weighted by Crippen LogP contribution is -2.36. The average molecular weight is 383 g/mol. The summed E-state index contributed by atoms with van der Waals surface area (Å²) in [6, 6.07) is 2.35. The van der Waals surface area contributed by atoms with E-state index in [1.165, 1.54) is 0 Å². The van der Waals surface area contributed by atoms with Crippen LogP contribution in [0.4, 0.5) is 5.82 Å². The zero-order valence-electron chi connectivity index (χ0n) is 15.8. The molecule has 2 fully saturated rings. The summed E-state index contributed by atoms with van der Waals surface area (Å²) in [4.78, 5) is 29.3. The molecule has 0 amide bonds. The van der Waals surface area contributed by atoms with Crippen LogP contribution in [-0.4, -0.2) is 32.0 Å². The van der Waals surface area contributed by atoms with Crippen LogP contribution in [0.1, 0.15) is 61.9 Å². The maximum Gasteiger partial charge on any atom is 0.293 e. The first-order valence-corrected chi connectivity index (χ1v) is 10.2. The van der Waals surface area contributed by atoms with Gasteiger partial charge in [0.25, 0.3) is 11.1 Å². The molecule has 8 heteroatoms. The third-order valence-corrected chi connectivity index (χ3v) is 6.06. The van der Waals surface area contributed by atoms with Gasteiger partial charge in [-0.2, -0.15) is 5.10 Å². The summed E-state index contributed by atoms with van der Waals surface area (Å²) in [6.45, 7) is 1.15. The van der Waals surface area contributed by atoms with Crippen LogP contribution >= 0.6 is 0 Å². The fourth-order valence-corrected chi connectivity index (χ4v) is 4.31. The fourth-order valence-electron chi connectivity index (χ4n) is 4.31. The van der Waals surface area contributed by atoms with Crippen LogP contribution in [0.15, 0.2) is 28.0 Å². The molecule has 0 aromatic carbocycles. The number of fused-ring (bicyclic) bond motifs is 1. The van der Waals surface area contributed by atoms with E-state index in [-0.39, 0.29) is 23.2 Å². The SMILES string of the molecule is O=c1c(NC2CCC(n3nc4c(cc3=O)COCC4)CC2)nccn1C1CC1. The summed E-state index contributed by atoms with van der Waals surface area (Å²) >= 11 is 0. The molecule has 0 bridgehead atoms. The number of nitrogens with zero attached hydrogens (tertiary/aromatic N) is 4.